The van der Waals surface area contributed by atoms with E-state index in [0.717, 1.165) is 35.0 Å². The average Bonchev–Trinajstić information content (AvgIpc) is 3.34. The fourth-order valence-corrected chi connectivity index (χ4v) is 5.74. The van der Waals surface area contributed by atoms with E-state index in [0.29, 0.717) is 31.1 Å². The molecule has 1 aliphatic heterocycles. The van der Waals surface area contributed by atoms with Gasteiger partial charge in [0, 0.05) is 30.8 Å². The van der Waals surface area contributed by atoms with Crippen molar-refractivity contribution in [1.82, 2.24) is 20.2 Å². The minimum atomic E-state index is -0.133. The SMILES string of the molecule is O=C(CSCc1nc2sc3c(c2c(=O)[nH]1)CCC3)NCCCN1C(=O)CCC1=O. The molecule has 2 aliphatic rings. The summed E-state index contributed by atoms with van der Waals surface area (Å²) in [6.07, 6.45) is 4.21. The predicted octanol–water partition coefficient (Wildman–Crippen LogP) is 1.36. The maximum atomic E-state index is 12.4. The number of aromatic nitrogens is 2. The summed E-state index contributed by atoms with van der Waals surface area (Å²) < 4.78 is 0. The maximum Gasteiger partial charge on any atom is 0.259 e. The number of carbonyl (C=O) groups is 3. The molecule has 4 rings (SSSR count). The van der Waals surface area contributed by atoms with Gasteiger partial charge in [0.05, 0.1) is 16.9 Å². The van der Waals surface area contributed by atoms with Crippen LogP contribution in [0.5, 0.6) is 0 Å². The van der Waals surface area contributed by atoms with Gasteiger partial charge < -0.3 is 10.3 Å². The minimum Gasteiger partial charge on any atom is -0.355 e. The number of hydrogen-bond donors (Lipinski definition) is 2. The summed E-state index contributed by atoms with van der Waals surface area (Å²) >= 11 is 3.00. The maximum absolute atomic E-state index is 12.4. The van der Waals surface area contributed by atoms with Gasteiger partial charge in [-0.15, -0.1) is 23.1 Å². The highest BCUT2D eigenvalue weighted by Crippen LogP contribution is 2.34. The van der Waals surface area contributed by atoms with Gasteiger partial charge in [-0.3, -0.25) is 24.1 Å². The van der Waals surface area contributed by atoms with E-state index in [9.17, 15) is 19.2 Å². The molecule has 0 radical (unpaired) electrons. The molecular weight excluding hydrogens is 412 g/mol. The Hall–Kier alpha value is -2.20. The van der Waals surface area contributed by atoms with Crippen LogP contribution < -0.4 is 10.9 Å². The molecule has 1 saturated heterocycles. The number of imide groups is 1. The van der Waals surface area contributed by atoms with Crippen LogP contribution >= 0.6 is 23.1 Å². The summed E-state index contributed by atoms with van der Waals surface area (Å²) in [7, 11) is 0. The van der Waals surface area contributed by atoms with E-state index < -0.39 is 0 Å². The fraction of sp³-hybridized carbons (Fsp3) is 0.526. The van der Waals surface area contributed by atoms with Crippen LogP contribution in [0.15, 0.2) is 4.79 Å². The first-order valence-electron chi connectivity index (χ1n) is 9.74. The summed E-state index contributed by atoms with van der Waals surface area (Å²) in [5.41, 5.74) is 1.08. The zero-order valence-corrected chi connectivity index (χ0v) is 17.5. The number of rotatable bonds is 8. The molecule has 29 heavy (non-hydrogen) atoms. The molecule has 0 atom stereocenters. The number of amides is 3. The highest BCUT2D eigenvalue weighted by atomic mass is 32.2. The third-order valence-corrected chi connectivity index (χ3v) is 7.26. The first-order valence-corrected chi connectivity index (χ1v) is 11.7. The summed E-state index contributed by atoms with van der Waals surface area (Å²) in [6, 6.07) is 0. The molecule has 0 spiro atoms. The van der Waals surface area contributed by atoms with Crippen molar-refractivity contribution in [3.63, 3.8) is 0 Å². The molecule has 0 aromatic carbocycles. The van der Waals surface area contributed by atoms with Gasteiger partial charge >= 0.3 is 0 Å². The van der Waals surface area contributed by atoms with Gasteiger partial charge in [0.15, 0.2) is 0 Å². The van der Waals surface area contributed by atoms with Crippen molar-refractivity contribution in [2.45, 2.75) is 44.3 Å². The normalized spacial score (nSPS) is 16.1. The van der Waals surface area contributed by atoms with Crippen LogP contribution in [0, 0.1) is 0 Å². The van der Waals surface area contributed by atoms with Crippen molar-refractivity contribution in [3.05, 3.63) is 26.6 Å². The summed E-state index contributed by atoms with van der Waals surface area (Å²) in [6.45, 7) is 0.763. The van der Waals surface area contributed by atoms with Crippen LogP contribution in [0.2, 0.25) is 0 Å². The second-order valence-corrected chi connectivity index (χ2v) is 9.25. The Kier molecular flexibility index (Phi) is 6.00. The van der Waals surface area contributed by atoms with Gasteiger partial charge in [0.25, 0.3) is 5.56 Å². The molecule has 10 heteroatoms. The van der Waals surface area contributed by atoms with Crippen LogP contribution in [0.1, 0.15) is 41.9 Å². The summed E-state index contributed by atoms with van der Waals surface area (Å²) in [5.74, 6) is 0.916. The Morgan fingerprint density at radius 2 is 1.97 bits per heavy atom. The predicted molar refractivity (Wildman–Crippen MR) is 112 cm³/mol. The molecule has 1 fully saturated rings. The van der Waals surface area contributed by atoms with Crippen LogP contribution in [0.25, 0.3) is 10.2 Å². The second-order valence-electron chi connectivity index (χ2n) is 7.19. The zero-order valence-electron chi connectivity index (χ0n) is 15.9. The Bertz CT molecular complexity index is 1010. The van der Waals surface area contributed by atoms with Gasteiger partial charge in [0.1, 0.15) is 10.7 Å². The Labute approximate surface area is 175 Å². The topological polar surface area (TPSA) is 112 Å². The number of H-pyrrole nitrogens is 1. The number of nitrogens with one attached hydrogen (secondary N) is 2. The number of aryl methyl sites for hydroxylation is 2. The average molecular weight is 435 g/mol. The summed E-state index contributed by atoms with van der Waals surface area (Å²) in [4.78, 5) is 58.2. The third-order valence-electron chi connectivity index (χ3n) is 5.13. The molecule has 0 saturated carbocycles. The van der Waals surface area contributed by atoms with E-state index in [1.807, 2.05) is 0 Å². The highest BCUT2D eigenvalue weighted by molar-refractivity contribution is 7.99. The van der Waals surface area contributed by atoms with Gasteiger partial charge in [-0.2, -0.15) is 0 Å². The monoisotopic (exact) mass is 434 g/mol. The fourth-order valence-electron chi connectivity index (χ4n) is 3.74. The molecule has 154 valence electrons. The number of thioether (sulfide) groups is 1. The summed E-state index contributed by atoms with van der Waals surface area (Å²) in [5, 5.41) is 3.53. The first kappa shape index (κ1) is 20.1. The second kappa shape index (κ2) is 8.66. The van der Waals surface area contributed by atoms with E-state index >= 15 is 0 Å². The van der Waals surface area contributed by atoms with E-state index in [1.165, 1.54) is 21.5 Å². The lowest BCUT2D eigenvalue weighted by Crippen LogP contribution is -2.33. The zero-order chi connectivity index (χ0) is 20.4. The number of nitrogens with zero attached hydrogens (tertiary/aromatic N) is 2. The van der Waals surface area contributed by atoms with E-state index in [2.05, 4.69) is 15.3 Å². The van der Waals surface area contributed by atoms with Gasteiger partial charge in [-0.25, -0.2) is 4.98 Å². The van der Waals surface area contributed by atoms with Gasteiger partial charge in [-0.05, 0) is 31.2 Å². The smallest absolute Gasteiger partial charge is 0.259 e. The highest BCUT2D eigenvalue weighted by Gasteiger charge is 2.28. The number of aromatic amines is 1. The molecule has 1 aliphatic carbocycles. The first-order chi connectivity index (χ1) is 14.0. The largest absolute Gasteiger partial charge is 0.355 e. The molecule has 0 unspecified atom stereocenters. The quantitative estimate of drug-likeness (QED) is 0.479. The molecule has 8 nitrogen and oxygen atoms in total. The van der Waals surface area contributed by atoms with Crippen molar-refractivity contribution in [1.29, 1.82) is 0 Å². The van der Waals surface area contributed by atoms with Crippen LogP contribution in [-0.4, -0.2) is 51.4 Å². The Balaban J connectivity index is 1.21. The third kappa shape index (κ3) is 4.37. The molecule has 2 aromatic heterocycles. The Morgan fingerprint density at radius 3 is 2.76 bits per heavy atom. The van der Waals surface area contributed by atoms with Crippen molar-refractivity contribution >= 4 is 51.0 Å². The van der Waals surface area contributed by atoms with Crippen molar-refractivity contribution in [2.75, 3.05) is 18.8 Å². The molecule has 2 aromatic rings. The molecule has 3 amide bonds. The Morgan fingerprint density at radius 1 is 1.17 bits per heavy atom. The molecule has 0 bridgehead atoms. The van der Waals surface area contributed by atoms with E-state index in [4.69, 9.17) is 0 Å². The van der Waals surface area contributed by atoms with Gasteiger partial charge in [-0.1, -0.05) is 0 Å². The number of thiophene rings is 1. The van der Waals surface area contributed by atoms with Gasteiger partial charge in [0.2, 0.25) is 17.7 Å². The lowest BCUT2D eigenvalue weighted by molar-refractivity contribution is -0.138. The molecule has 2 N–H and O–H groups in total. The number of fused-ring (bicyclic) bond motifs is 3. The number of hydrogen-bond acceptors (Lipinski definition) is 7. The number of likely N-dealkylation sites (tertiary alicyclic amines) is 1. The van der Waals surface area contributed by atoms with Crippen molar-refractivity contribution < 1.29 is 14.4 Å². The molecule has 3 heterocycles. The standard InChI is InChI=1S/C19H22N4O4S2/c24-14(20-7-2-8-23-15(25)5-6-16(23)26)10-28-9-13-21-18(27)17-11-3-1-4-12(11)29-19(17)22-13/h1-10H2,(H,20,24)(H,21,22,27). The van der Waals surface area contributed by atoms with Crippen LogP contribution in [0.3, 0.4) is 0 Å². The lowest BCUT2D eigenvalue weighted by atomic mass is 10.2. The van der Waals surface area contributed by atoms with Crippen molar-refractivity contribution in [3.8, 4) is 0 Å². The number of carbonyl (C=O) groups excluding carboxylic acids is 3. The molecular formula is C19H22N4O4S2. The van der Waals surface area contributed by atoms with Crippen LogP contribution in [0.4, 0.5) is 0 Å². The van der Waals surface area contributed by atoms with E-state index in [-0.39, 0.29) is 41.9 Å². The van der Waals surface area contributed by atoms with Crippen LogP contribution in [-0.2, 0) is 33.0 Å². The van der Waals surface area contributed by atoms with E-state index in [1.54, 1.807) is 11.3 Å². The lowest BCUT2D eigenvalue weighted by Gasteiger charge is -2.13. The minimum absolute atomic E-state index is 0.0829. The van der Waals surface area contributed by atoms with Crippen molar-refractivity contribution in [2.24, 2.45) is 0 Å².